The second kappa shape index (κ2) is 8.58. The zero-order chi connectivity index (χ0) is 19.3. The number of halogens is 1. The van der Waals surface area contributed by atoms with Crippen LogP contribution >= 0.6 is 11.6 Å². The molecule has 8 heteroatoms. The number of carbonyl (C=O) groups is 1. The second-order valence-corrected chi connectivity index (χ2v) is 6.98. The summed E-state index contributed by atoms with van der Waals surface area (Å²) in [6.45, 7) is 4.33. The van der Waals surface area contributed by atoms with Gasteiger partial charge in [-0.1, -0.05) is 17.7 Å². The first-order valence-corrected chi connectivity index (χ1v) is 9.62. The van der Waals surface area contributed by atoms with Crippen molar-refractivity contribution in [1.29, 1.82) is 0 Å². The molecule has 2 aliphatic rings. The molecule has 0 bridgehead atoms. The van der Waals surface area contributed by atoms with Crippen LogP contribution in [-0.2, 0) is 11.3 Å². The number of hydrogen-bond acceptors (Lipinski definition) is 5. The fourth-order valence-electron chi connectivity index (χ4n) is 3.23. The van der Waals surface area contributed by atoms with E-state index in [9.17, 15) is 4.79 Å². The van der Waals surface area contributed by atoms with Crippen molar-refractivity contribution in [2.75, 3.05) is 49.7 Å². The van der Waals surface area contributed by atoms with E-state index in [1.54, 1.807) is 6.07 Å². The highest BCUT2D eigenvalue weighted by Crippen LogP contribution is 2.31. The molecule has 148 valence electrons. The molecule has 0 atom stereocenters. The number of nitrogens with one attached hydrogen (secondary N) is 2. The van der Waals surface area contributed by atoms with Gasteiger partial charge in [0.15, 0.2) is 11.5 Å². The van der Waals surface area contributed by atoms with Gasteiger partial charge in [0.2, 0.25) is 0 Å². The molecule has 2 amide bonds. The summed E-state index contributed by atoms with van der Waals surface area (Å²) in [7, 11) is 0. The Kier molecular flexibility index (Phi) is 5.73. The van der Waals surface area contributed by atoms with Crippen LogP contribution in [-0.4, -0.2) is 45.5 Å². The Morgan fingerprint density at radius 2 is 1.79 bits per heavy atom. The number of fused-ring (bicyclic) bond motifs is 1. The Bertz CT molecular complexity index is 855. The molecule has 1 fully saturated rings. The Morgan fingerprint density at radius 1 is 1.00 bits per heavy atom. The van der Waals surface area contributed by atoms with Crippen LogP contribution in [0, 0.1) is 0 Å². The minimum atomic E-state index is -0.299. The fraction of sp³-hybridized carbons (Fsp3) is 0.350. The molecule has 1 saturated heterocycles. The van der Waals surface area contributed by atoms with E-state index >= 15 is 0 Å². The summed E-state index contributed by atoms with van der Waals surface area (Å²) in [5.74, 6) is 1.43. The molecule has 0 spiro atoms. The average Bonchev–Trinajstić information content (AvgIpc) is 2.73. The Labute approximate surface area is 168 Å². The van der Waals surface area contributed by atoms with E-state index in [-0.39, 0.29) is 6.03 Å². The van der Waals surface area contributed by atoms with Gasteiger partial charge in [-0.3, -0.25) is 0 Å². The van der Waals surface area contributed by atoms with Crippen LogP contribution in [0.3, 0.4) is 0 Å². The van der Waals surface area contributed by atoms with Gasteiger partial charge in [-0.15, -0.1) is 0 Å². The minimum absolute atomic E-state index is 0.299. The van der Waals surface area contributed by atoms with E-state index in [1.165, 1.54) is 0 Å². The summed E-state index contributed by atoms with van der Waals surface area (Å²) in [4.78, 5) is 14.6. The van der Waals surface area contributed by atoms with Crippen molar-refractivity contribution in [2.24, 2.45) is 0 Å². The first-order valence-electron chi connectivity index (χ1n) is 9.25. The lowest BCUT2D eigenvalue weighted by molar-refractivity contribution is 0.123. The van der Waals surface area contributed by atoms with E-state index in [0.717, 1.165) is 30.1 Å². The predicted octanol–water partition coefficient (Wildman–Crippen LogP) is 3.27. The molecule has 28 heavy (non-hydrogen) atoms. The summed E-state index contributed by atoms with van der Waals surface area (Å²) in [6.07, 6.45) is 0. The van der Waals surface area contributed by atoms with E-state index in [1.807, 2.05) is 30.3 Å². The summed E-state index contributed by atoms with van der Waals surface area (Å²) in [6, 6.07) is 10.9. The lowest BCUT2D eigenvalue weighted by Crippen LogP contribution is -2.37. The molecule has 0 aromatic heterocycles. The van der Waals surface area contributed by atoms with E-state index in [0.29, 0.717) is 49.4 Å². The zero-order valence-electron chi connectivity index (χ0n) is 15.4. The lowest BCUT2D eigenvalue weighted by atomic mass is 10.2. The Morgan fingerprint density at radius 3 is 2.61 bits per heavy atom. The molecular formula is C20H22ClN3O4. The molecule has 0 saturated carbocycles. The Hall–Kier alpha value is -2.64. The number of anilines is 2. The lowest BCUT2D eigenvalue weighted by Gasteiger charge is -2.30. The highest BCUT2D eigenvalue weighted by Gasteiger charge is 2.17. The van der Waals surface area contributed by atoms with Crippen molar-refractivity contribution in [2.45, 2.75) is 6.54 Å². The number of amides is 2. The number of nitrogens with zero attached hydrogens (tertiary/aromatic N) is 1. The Balaban J connectivity index is 1.40. The number of rotatable bonds is 4. The number of urea groups is 1. The third-order valence-corrected chi connectivity index (χ3v) is 4.85. The van der Waals surface area contributed by atoms with Crippen LogP contribution in [0.25, 0.3) is 0 Å². The number of carbonyl (C=O) groups excluding carboxylic acids is 1. The highest BCUT2D eigenvalue weighted by molar-refractivity contribution is 6.31. The molecule has 2 aromatic carbocycles. The van der Waals surface area contributed by atoms with Crippen molar-refractivity contribution >= 4 is 29.0 Å². The van der Waals surface area contributed by atoms with E-state index < -0.39 is 0 Å². The molecule has 2 heterocycles. The van der Waals surface area contributed by atoms with Gasteiger partial charge in [-0.05, 0) is 35.9 Å². The zero-order valence-corrected chi connectivity index (χ0v) is 16.1. The summed E-state index contributed by atoms with van der Waals surface area (Å²) >= 11 is 6.14. The third-order valence-electron chi connectivity index (χ3n) is 4.62. The monoisotopic (exact) mass is 403 g/mol. The third kappa shape index (κ3) is 4.43. The van der Waals surface area contributed by atoms with Gasteiger partial charge in [0.1, 0.15) is 13.2 Å². The molecule has 0 radical (unpaired) electrons. The largest absolute Gasteiger partial charge is 0.486 e. The summed E-state index contributed by atoms with van der Waals surface area (Å²) in [5.41, 5.74) is 2.54. The number of ether oxygens (including phenoxy) is 3. The topological polar surface area (TPSA) is 72.1 Å². The van der Waals surface area contributed by atoms with Gasteiger partial charge in [-0.25, -0.2) is 4.79 Å². The minimum Gasteiger partial charge on any atom is -0.486 e. The quantitative estimate of drug-likeness (QED) is 0.819. The molecule has 0 aliphatic carbocycles. The molecule has 0 unspecified atom stereocenters. The SMILES string of the molecule is O=C(NCc1ccc2c(c1)OCCO2)Nc1cc(Cl)ccc1N1CCOCC1. The standard InChI is InChI=1S/C20H22ClN3O4/c21-15-2-3-17(24-5-7-26-8-6-24)16(12-15)23-20(25)22-13-14-1-4-18-19(11-14)28-10-9-27-18/h1-4,11-12H,5-10,13H2,(H2,22,23,25). The van der Waals surface area contributed by atoms with Crippen LogP contribution in [0.4, 0.5) is 16.2 Å². The van der Waals surface area contributed by atoms with Gasteiger partial charge < -0.3 is 29.7 Å². The normalized spacial score (nSPS) is 15.8. The first-order chi connectivity index (χ1) is 13.7. The van der Waals surface area contributed by atoms with Crippen LogP contribution in [0.1, 0.15) is 5.56 Å². The second-order valence-electron chi connectivity index (χ2n) is 6.55. The van der Waals surface area contributed by atoms with Crippen molar-refractivity contribution in [3.05, 3.63) is 47.0 Å². The highest BCUT2D eigenvalue weighted by atomic mass is 35.5. The van der Waals surface area contributed by atoms with Gasteiger partial charge in [-0.2, -0.15) is 0 Å². The molecule has 4 rings (SSSR count). The molecule has 7 nitrogen and oxygen atoms in total. The summed E-state index contributed by atoms with van der Waals surface area (Å²) < 4.78 is 16.5. The first kappa shape index (κ1) is 18.7. The summed E-state index contributed by atoms with van der Waals surface area (Å²) in [5, 5.41) is 6.35. The van der Waals surface area contributed by atoms with Crippen LogP contribution in [0.2, 0.25) is 5.02 Å². The maximum Gasteiger partial charge on any atom is 0.319 e. The maximum atomic E-state index is 12.5. The molecule has 2 aromatic rings. The number of hydrogen-bond donors (Lipinski definition) is 2. The van der Waals surface area contributed by atoms with Crippen LogP contribution in [0.5, 0.6) is 11.5 Å². The number of benzene rings is 2. The van der Waals surface area contributed by atoms with Crippen molar-refractivity contribution in [3.8, 4) is 11.5 Å². The maximum absolute atomic E-state index is 12.5. The fourth-order valence-corrected chi connectivity index (χ4v) is 3.41. The van der Waals surface area contributed by atoms with Gasteiger partial charge >= 0.3 is 6.03 Å². The van der Waals surface area contributed by atoms with Crippen LogP contribution < -0.4 is 25.0 Å². The van der Waals surface area contributed by atoms with Crippen molar-refractivity contribution in [3.63, 3.8) is 0 Å². The van der Waals surface area contributed by atoms with Gasteiger partial charge in [0.25, 0.3) is 0 Å². The van der Waals surface area contributed by atoms with E-state index in [2.05, 4.69) is 15.5 Å². The van der Waals surface area contributed by atoms with Gasteiger partial charge in [0.05, 0.1) is 24.6 Å². The molecule has 2 N–H and O–H groups in total. The average molecular weight is 404 g/mol. The predicted molar refractivity (Wildman–Crippen MR) is 108 cm³/mol. The van der Waals surface area contributed by atoms with E-state index in [4.69, 9.17) is 25.8 Å². The van der Waals surface area contributed by atoms with Crippen LogP contribution in [0.15, 0.2) is 36.4 Å². The van der Waals surface area contributed by atoms with Crippen molar-refractivity contribution < 1.29 is 19.0 Å². The van der Waals surface area contributed by atoms with Crippen molar-refractivity contribution in [1.82, 2.24) is 5.32 Å². The smallest absolute Gasteiger partial charge is 0.319 e. The molecule has 2 aliphatic heterocycles. The number of morpholine rings is 1. The molecular weight excluding hydrogens is 382 g/mol. The van der Waals surface area contributed by atoms with Gasteiger partial charge in [0, 0.05) is 24.7 Å².